The van der Waals surface area contributed by atoms with Gasteiger partial charge in [0.1, 0.15) is 11.4 Å². The maximum atomic E-state index is 11.4. The van der Waals surface area contributed by atoms with Gasteiger partial charge in [-0.1, -0.05) is 39.8 Å². The van der Waals surface area contributed by atoms with E-state index < -0.39 is 4.92 Å². The lowest BCUT2D eigenvalue weighted by molar-refractivity contribution is -0.384. The molecule has 2 rings (SSSR count). The molecule has 0 bridgehead atoms. The van der Waals surface area contributed by atoms with Gasteiger partial charge in [0.25, 0.3) is 11.4 Å². The van der Waals surface area contributed by atoms with Crippen molar-refractivity contribution in [3.05, 3.63) is 70.6 Å². The Bertz CT molecular complexity index is 1160. The monoisotopic (exact) mass is 529 g/mol. The predicted octanol–water partition coefficient (Wildman–Crippen LogP) is 8.32. The molecule has 2 aromatic carbocycles. The maximum absolute atomic E-state index is 11.4. The van der Waals surface area contributed by atoms with Crippen LogP contribution in [0, 0.1) is 66.7 Å². The van der Waals surface area contributed by atoms with Crippen molar-refractivity contribution in [2.24, 2.45) is 5.29 Å². The van der Waals surface area contributed by atoms with Crippen molar-refractivity contribution >= 4 is 22.7 Å². The third kappa shape index (κ3) is 7.26. The standard InChI is InChI=1S/C14H21N3O3.C14H22N2O2/c1-6-12(7-2)16(15-18)13-10(4)8-9(3)11(5)14(13)17(19)20;1-6-12(7-2)15-13-10(4)8-9(3)11(5)14(13)16(17)18/h8,12H,6-7H2,1-5H3;8,12,15H,6-7H2,1-5H3. The van der Waals surface area contributed by atoms with Crippen molar-refractivity contribution in [2.75, 3.05) is 10.3 Å². The first kappa shape index (κ1) is 32.5. The van der Waals surface area contributed by atoms with Crippen molar-refractivity contribution in [1.29, 1.82) is 0 Å². The van der Waals surface area contributed by atoms with Gasteiger partial charge in [-0.15, -0.1) is 4.91 Å². The average molecular weight is 530 g/mol. The van der Waals surface area contributed by atoms with Gasteiger partial charge in [-0.3, -0.25) is 20.2 Å². The molecule has 0 atom stereocenters. The highest BCUT2D eigenvalue weighted by Crippen LogP contribution is 2.39. The molecule has 0 saturated carbocycles. The van der Waals surface area contributed by atoms with E-state index in [1.807, 2.05) is 53.7 Å². The highest BCUT2D eigenvalue weighted by Gasteiger charge is 2.30. The Balaban J connectivity index is 0.000000382. The quantitative estimate of drug-likeness (QED) is 0.176. The van der Waals surface area contributed by atoms with Gasteiger partial charge < -0.3 is 5.32 Å². The van der Waals surface area contributed by atoms with Crippen molar-refractivity contribution in [3.63, 3.8) is 0 Å². The number of aryl methyl sites for hydroxylation is 4. The van der Waals surface area contributed by atoms with E-state index in [4.69, 9.17) is 0 Å². The van der Waals surface area contributed by atoms with Crippen molar-refractivity contribution < 1.29 is 9.85 Å². The van der Waals surface area contributed by atoms with Crippen LogP contribution in [0.15, 0.2) is 17.4 Å². The molecule has 0 heterocycles. The Morgan fingerprint density at radius 1 is 0.763 bits per heavy atom. The van der Waals surface area contributed by atoms with E-state index in [-0.39, 0.29) is 28.4 Å². The number of hydrogen-bond acceptors (Lipinski definition) is 7. The van der Waals surface area contributed by atoms with Gasteiger partial charge in [0, 0.05) is 17.2 Å². The molecule has 2 aromatic rings. The van der Waals surface area contributed by atoms with Gasteiger partial charge in [-0.25, -0.2) is 5.01 Å². The molecule has 0 amide bonds. The molecule has 1 N–H and O–H groups in total. The van der Waals surface area contributed by atoms with E-state index in [1.54, 1.807) is 13.8 Å². The average Bonchev–Trinajstić information content (AvgIpc) is 2.86. The van der Waals surface area contributed by atoms with Crippen LogP contribution in [0.5, 0.6) is 0 Å². The summed E-state index contributed by atoms with van der Waals surface area (Å²) in [6, 6.07) is 4.02. The molecule has 0 aromatic heterocycles. The normalized spacial score (nSPS) is 10.7. The third-order valence-electron chi connectivity index (χ3n) is 7.29. The topological polar surface area (TPSA) is 131 Å². The lowest BCUT2D eigenvalue weighted by Crippen LogP contribution is -2.30. The zero-order valence-corrected chi connectivity index (χ0v) is 24.5. The summed E-state index contributed by atoms with van der Waals surface area (Å²) in [6.07, 6.45) is 3.32. The van der Waals surface area contributed by atoms with Gasteiger partial charge in [0.2, 0.25) is 0 Å². The van der Waals surface area contributed by atoms with Crippen LogP contribution in [0.4, 0.5) is 22.7 Å². The number of nitrogens with one attached hydrogen (secondary N) is 1. The Morgan fingerprint density at radius 3 is 1.61 bits per heavy atom. The van der Waals surface area contributed by atoms with Gasteiger partial charge in [0.05, 0.1) is 21.2 Å². The van der Waals surface area contributed by atoms with E-state index in [9.17, 15) is 25.1 Å². The summed E-state index contributed by atoms with van der Waals surface area (Å²) in [5, 5.41) is 30.3. The summed E-state index contributed by atoms with van der Waals surface area (Å²) in [7, 11) is 0. The van der Waals surface area contributed by atoms with Gasteiger partial charge in [-0.2, -0.15) is 0 Å². The summed E-state index contributed by atoms with van der Waals surface area (Å²) >= 11 is 0. The molecule has 210 valence electrons. The molecular formula is C28H43N5O5. The van der Waals surface area contributed by atoms with E-state index in [0.29, 0.717) is 35.3 Å². The lowest BCUT2D eigenvalue weighted by Gasteiger charge is -2.26. The molecule has 0 aliphatic heterocycles. The van der Waals surface area contributed by atoms with Crippen LogP contribution in [0.25, 0.3) is 0 Å². The molecule has 10 heteroatoms. The number of nitrogens with zero attached hydrogens (tertiary/aromatic N) is 4. The maximum Gasteiger partial charge on any atom is 0.297 e. The summed E-state index contributed by atoms with van der Waals surface area (Å²) in [5.41, 5.74) is 5.98. The second kappa shape index (κ2) is 14.4. The minimum atomic E-state index is -0.425. The Hall–Kier alpha value is -3.56. The van der Waals surface area contributed by atoms with Gasteiger partial charge in [-0.05, 0) is 89.5 Å². The molecule has 38 heavy (non-hydrogen) atoms. The van der Waals surface area contributed by atoms with Crippen molar-refractivity contribution in [1.82, 2.24) is 0 Å². The fourth-order valence-corrected chi connectivity index (χ4v) is 4.66. The molecule has 10 nitrogen and oxygen atoms in total. The predicted molar refractivity (Wildman–Crippen MR) is 155 cm³/mol. The van der Waals surface area contributed by atoms with Crippen molar-refractivity contribution in [2.45, 2.75) is 107 Å². The minimum Gasteiger partial charge on any atom is -0.377 e. The smallest absolute Gasteiger partial charge is 0.297 e. The molecular weight excluding hydrogens is 486 g/mol. The Labute approximate surface area is 226 Å². The zero-order chi connectivity index (χ0) is 29.3. The minimum absolute atomic E-state index is 0.0194. The number of nitro groups is 2. The number of rotatable bonds is 11. The van der Waals surface area contributed by atoms with E-state index in [1.165, 1.54) is 5.01 Å². The summed E-state index contributed by atoms with van der Waals surface area (Å²) in [5.74, 6) is 0. The van der Waals surface area contributed by atoms with Crippen LogP contribution >= 0.6 is 0 Å². The molecule has 0 aliphatic carbocycles. The fourth-order valence-electron chi connectivity index (χ4n) is 4.66. The van der Waals surface area contributed by atoms with Crippen LogP contribution in [0.2, 0.25) is 0 Å². The summed E-state index contributed by atoms with van der Waals surface area (Å²) < 4.78 is 0. The number of nitro benzene ring substituents is 2. The number of benzene rings is 2. The highest BCUT2D eigenvalue weighted by atomic mass is 16.6. The van der Waals surface area contributed by atoms with E-state index in [0.717, 1.165) is 35.1 Å². The molecule has 0 radical (unpaired) electrons. The molecule has 0 spiro atoms. The SMILES string of the molecule is CCC(CC)N(N=O)c1c(C)cc(C)c(C)c1[N+](=O)[O-].CCC(CC)Nc1c(C)cc(C)c(C)c1[N+](=O)[O-]. The summed E-state index contributed by atoms with van der Waals surface area (Å²) in [6.45, 7) is 19.0. The second-order valence-corrected chi connectivity index (χ2v) is 9.76. The first-order valence-electron chi connectivity index (χ1n) is 13.2. The zero-order valence-electron chi connectivity index (χ0n) is 24.5. The lowest BCUT2D eigenvalue weighted by atomic mass is 10.0. The molecule has 0 aliphatic rings. The third-order valence-corrected chi connectivity index (χ3v) is 7.29. The Morgan fingerprint density at radius 2 is 1.21 bits per heavy atom. The molecule has 0 saturated heterocycles. The van der Waals surface area contributed by atoms with Crippen LogP contribution in [-0.4, -0.2) is 21.9 Å². The van der Waals surface area contributed by atoms with Gasteiger partial charge in [0.15, 0.2) is 0 Å². The number of hydrogen-bond donors (Lipinski definition) is 1. The molecule has 0 fully saturated rings. The van der Waals surface area contributed by atoms with E-state index in [2.05, 4.69) is 24.5 Å². The van der Waals surface area contributed by atoms with Crippen molar-refractivity contribution in [3.8, 4) is 0 Å². The number of nitroso groups, excluding NO2 is 1. The number of anilines is 2. The van der Waals surface area contributed by atoms with Crippen LogP contribution in [-0.2, 0) is 0 Å². The summed E-state index contributed by atoms with van der Waals surface area (Å²) in [4.78, 5) is 33.2. The van der Waals surface area contributed by atoms with Gasteiger partial charge >= 0.3 is 0 Å². The second-order valence-electron chi connectivity index (χ2n) is 9.76. The first-order chi connectivity index (χ1) is 17.8. The van der Waals surface area contributed by atoms with Crippen LogP contribution in [0.3, 0.4) is 0 Å². The highest BCUT2D eigenvalue weighted by molar-refractivity contribution is 5.73. The fraction of sp³-hybridized carbons (Fsp3) is 0.571. The molecule has 0 unspecified atom stereocenters. The van der Waals surface area contributed by atoms with E-state index >= 15 is 0 Å². The van der Waals surface area contributed by atoms with Crippen LogP contribution < -0.4 is 10.3 Å². The first-order valence-corrected chi connectivity index (χ1v) is 13.2. The Kier molecular flexibility index (Phi) is 12.3. The largest absolute Gasteiger partial charge is 0.377 e. The van der Waals surface area contributed by atoms with Crippen LogP contribution in [0.1, 0.15) is 86.8 Å².